The number of hydrogen-bond donors (Lipinski definition) is 2. The van der Waals surface area contributed by atoms with Crippen LogP contribution in [-0.2, 0) is 7.05 Å². The highest BCUT2D eigenvalue weighted by Crippen LogP contribution is 2.20. The predicted octanol–water partition coefficient (Wildman–Crippen LogP) is 1.52. The Bertz CT molecular complexity index is 277. The third kappa shape index (κ3) is 2.14. The third-order valence-electron chi connectivity index (χ3n) is 2.09. The number of nitrogens with two attached hydrogens (primary N) is 1. The van der Waals surface area contributed by atoms with E-state index in [4.69, 9.17) is 5.73 Å². The molecule has 74 valence electrons. The fraction of sp³-hybridized carbons (Fsp3) is 0.667. The summed E-state index contributed by atoms with van der Waals surface area (Å²) in [7, 11) is 1.90. The Morgan fingerprint density at radius 1 is 1.54 bits per heavy atom. The summed E-state index contributed by atoms with van der Waals surface area (Å²) in [4.78, 5) is 0. The van der Waals surface area contributed by atoms with Crippen LogP contribution in [-0.4, -0.2) is 16.3 Å². The highest BCUT2D eigenvalue weighted by Gasteiger charge is 2.07. The Morgan fingerprint density at radius 2 is 2.23 bits per heavy atom. The van der Waals surface area contributed by atoms with Gasteiger partial charge in [-0.2, -0.15) is 5.10 Å². The highest BCUT2D eigenvalue weighted by molar-refractivity contribution is 5.64. The fourth-order valence-electron chi connectivity index (χ4n) is 1.27. The first-order valence-electron chi connectivity index (χ1n) is 4.69. The molecule has 0 saturated heterocycles. The van der Waals surface area contributed by atoms with Crippen LogP contribution in [0.15, 0.2) is 0 Å². The summed E-state index contributed by atoms with van der Waals surface area (Å²) in [6.45, 7) is 5.04. The van der Waals surface area contributed by atoms with Gasteiger partial charge in [0, 0.05) is 13.6 Å². The summed E-state index contributed by atoms with van der Waals surface area (Å²) in [6, 6.07) is 0. The molecular formula is C9H18N4. The largest absolute Gasteiger partial charge is 0.394 e. The van der Waals surface area contributed by atoms with Crippen molar-refractivity contribution in [1.82, 2.24) is 9.78 Å². The maximum atomic E-state index is 5.84. The summed E-state index contributed by atoms with van der Waals surface area (Å²) in [5.41, 5.74) is 7.49. The standard InChI is InChI=1S/C9H18N4/c1-4-5-6-11-9-8(10)7(2)12-13(9)3/h11H,4-6,10H2,1-3H3. The van der Waals surface area contributed by atoms with Gasteiger partial charge in [-0.1, -0.05) is 13.3 Å². The van der Waals surface area contributed by atoms with Crippen molar-refractivity contribution >= 4 is 11.5 Å². The van der Waals surface area contributed by atoms with E-state index >= 15 is 0 Å². The van der Waals surface area contributed by atoms with Gasteiger partial charge in [0.2, 0.25) is 0 Å². The molecule has 1 rings (SSSR count). The van der Waals surface area contributed by atoms with Gasteiger partial charge in [-0.15, -0.1) is 0 Å². The zero-order chi connectivity index (χ0) is 9.84. The van der Waals surface area contributed by atoms with Crippen molar-refractivity contribution in [3.8, 4) is 0 Å². The van der Waals surface area contributed by atoms with E-state index < -0.39 is 0 Å². The second-order valence-electron chi connectivity index (χ2n) is 3.25. The van der Waals surface area contributed by atoms with Crippen molar-refractivity contribution in [1.29, 1.82) is 0 Å². The summed E-state index contributed by atoms with van der Waals surface area (Å²) in [5, 5.41) is 7.50. The number of rotatable bonds is 4. The molecule has 0 saturated carbocycles. The van der Waals surface area contributed by atoms with E-state index in [9.17, 15) is 0 Å². The molecule has 0 radical (unpaired) electrons. The first kappa shape index (κ1) is 9.89. The van der Waals surface area contributed by atoms with Crippen molar-refractivity contribution < 1.29 is 0 Å². The van der Waals surface area contributed by atoms with Crippen molar-refractivity contribution in [2.24, 2.45) is 7.05 Å². The molecule has 3 N–H and O–H groups in total. The highest BCUT2D eigenvalue weighted by atomic mass is 15.3. The maximum absolute atomic E-state index is 5.84. The van der Waals surface area contributed by atoms with Crippen LogP contribution in [0.1, 0.15) is 25.5 Å². The average molecular weight is 182 g/mol. The van der Waals surface area contributed by atoms with Gasteiger partial charge in [0.25, 0.3) is 0 Å². The molecule has 13 heavy (non-hydrogen) atoms. The molecular weight excluding hydrogens is 164 g/mol. The van der Waals surface area contributed by atoms with Gasteiger partial charge in [-0.05, 0) is 13.3 Å². The molecule has 0 atom stereocenters. The minimum Gasteiger partial charge on any atom is -0.394 e. The number of nitrogens with one attached hydrogen (secondary N) is 1. The topological polar surface area (TPSA) is 55.9 Å². The van der Waals surface area contributed by atoms with Crippen LogP contribution in [0, 0.1) is 6.92 Å². The minimum absolute atomic E-state index is 0.763. The van der Waals surface area contributed by atoms with Crippen molar-refractivity contribution in [2.45, 2.75) is 26.7 Å². The molecule has 0 bridgehead atoms. The molecule has 0 aliphatic carbocycles. The molecule has 0 aliphatic heterocycles. The van der Waals surface area contributed by atoms with Gasteiger partial charge in [-0.25, -0.2) is 0 Å². The van der Waals surface area contributed by atoms with Crippen LogP contribution in [0.4, 0.5) is 11.5 Å². The lowest BCUT2D eigenvalue weighted by molar-refractivity contribution is 0.748. The minimum atomic E-state index is 0.763. The molecule has 0 spiro atoms. The number of nitrogens with zero attached hydrogens (tertiary/aromatic N) is 2. The average Bonchev–Trinajstić information content (AvgIpc) is 2.32. The summed E-state index contributed by atoms with van der Waals surface area (Å²) in [5.74, 6) is 0.936. The van der Waals surface area contributed by atoms with Crippen molar-refractivity contribution in [2.75, 3.05) is 17.6 Å². The summed E-state index contributed by atoms with van der Waals surface area (Å²) < 4.78 is 1.79. The zero-order valence-corrected chi connectivity index (χ0v) is 8.59. The van der Waals surface area contributed by atoms with E-state index in [1.807, 2.05) is 14.0 Å². The van der Waals surface area contributed by atoms with E-state index in [1.165, 1.54) is 6.42 Å². The van der Waals surface area contributed by atoms with Gasteiger partial charge in [0.15, 0.2) is 0 Å². The molecule has 1 heterocycles. The van der Waals surface area contributed by atoms with Crippen LogP contribution in [0.5, 0.6) is 0 Å². The van der Waals surface area contributed by atoms with Crippen LogP contribution in [0.25, 0.3) is 0 Å². The molecule has 0 amide bonds. The van der Waals surface area contributed by atoms with E-state index in [2.05, 4.69) is 17.3 Å². The first-order chi connectivity index (χ1) is 6.16. The Labute approximate surface area is 79.1 Å². The van der Waals surface area contributed by atoms with Gasteiger partial charge >= 0.3 is 0 Å². The van der Waals surface area contributed by atoms with Gasteiger partial charge < -0.3 is 11.1 Å². The lowest BCUT2D eigenvalue weighted by atomic mass is 10.3. The fourth-order valence-corrected chi connectivity index (χ4v) is 1.27. The zero-order valence-electron chi connectivity index (χ0n) is 8.59. The second kappa shape index (κ2) is 4.16. The monoisotopic (exact) mass is 182 g/mol. The Kier molecular flexibility index (Phi) is 3.17. The molecule has 0 aliphatic rings. The summed E-state index contributed by atoms with van der Waals surface area (Å²) >= 11 is 0. The Morgan fingerprint density at radius 3 is 2.69 bits per heavy atom. The lowest BCUT2D eigenvalue weighted by Crippen LogP contribution is -2.07. The van der Waals surface area contributed by atoms with Crippen LogP contribution in [0.3, 0.4) is 0 Å². The Balaban J connectivity index is 2.64. The SMILES string of the molecule is CCCCNc1c(N)c(C)nn1C. The van der Waals surface area contributed by atoms with Crippen LogP contribution in [0.2, 0.25) is 0 Å². The first-order valence-corrected chi connectivity index (χ1v) is 4.69. The van der Waals surface area contributed by atoms with E-state index in [0.29, 0.717) is 0 Å². The maximum Gasteiger partial charge on any atom is 0.147 e. The molecule has 4 heteroatoms. The van der Waals surface area contributed by atoms with Crippen molar-refractivity contribution in [3.63, 3.8) is 0 Å². The number of nitrogen functional groups attached to an aromatic ring is 1. The quantitative estimate of drug-likeness (QED) is 0.694. The summed E-state index contributed by atoms with van der Waals surface area (Å²) in [6.07, 6.45) is 2.34. The smallest absolute Gasteiger partial charge is 0.147 e. The lowest BCUT2D eigenvalue weighted by Gasteiger charge is -2.06. The molecule has 0 aromatic carbocycles. The number of hydrogen-bond acceptors (Lipinski definition) is 3. The molecule has 0 fully saturated rings. The van der Waals surface area contributed by atoms with Crippen LogP contribution >= 0.6 is 0 Å². The predicted molar refractivity (Wildman–Crippen MR) is 55.8 cm³/mol. The van der Waals surface area contributed by atoms with E-state index in [1.54, 1.807) is 4.68 Å². The van der Waals surface area contributed by atoms with Gasteiger partial charge in [0.05, 0.1) is 11.4 Å². The normalized spacial score (nSPS) is 10.4. The van der Waals surface area contributed by atoms with E-state index in [0.717, 1.165) is 30.2 Å². The number of anilines is 2. The van der Waals surface area contributed by atoms with Crippen LogP contribution < -0.4 is 11.1 Å². The molecule has 4 nitrogen and oxygen atoms in total. The number of aromatic nitrogens is 2. The number of unbranched alkanes of at least 4 members (excludes halogenated alkanes) is 1. The number of aryl methyl sites for hydroxylation is 2. The van der Waals surface area contributed by atoms with Crippen molar-refractivity contribution in [3.05, 3.63) is 5.69 Å². The molecule has 1 aromatic rings. The Hall–Kier alpha value is -1.19. The third-order valence-corrected chi connectivity index (χ3v) is 2.09. The van der Waals surface area contributed by atoms with E-state index in [-0.39, 0.29) is 0 Å². The van der Waals surface area contributed by atoms with Gasteiger partial charge in [0.1, 0.15) is 5.82 Å². The second-order valence-corrected chi connectivity index (χ2v) is 3.25. The molecule has 1 aromatic heterocycles. The molecule has 0 unspecified atom stereocenters. The van der Waals surface area contributed by atoms with Gasteiger partial charge in [-0.3, -0.25) is 4.68 Å².